The summed E-state index contributed by atoms with van der Waals surface area (Å²) in [5.74, 6) is -0.484. The lowest BCUT2D eigenvalue weighted by Gasteiger charge is -2.09. The minimum atomic E-state index is -0.289. The van der Waals surface area contributed by atoms with Crippen LogP contribution in [0.5, 0.6) is 0 Å². The van der Waals surface area contributed by atoms with Gasteiger partial charge in [0.1, 0.15) is 9.88 Å². The molecule has 5 nitrogen and oxygen atoms in total. The van der Waals surface area contributed by atoms with E-state index < -0.39 is 0 Å². The monoisotopic (exact) mass is 425 g/mol. The van der Waals surface area contributed by atoms with E-state index in [2.05, 4.69) is 15.6 Å². The molecule has 0 saturated carbocycles. The van der Waals surface area contributed by atoms with Crippen LogP contribution in [0.4, 0.5) is 11.4 Å². The highest BCUT2D eigenvalue weighted by atomic mass is 35.5. The molecule has 0 unspecified atom stereocenters. The standard InChI is InChI=1S/C17H13Cl2N3O2S2/c1-8-15(26-17(20-8)13-5-6-14(19)25-13)16(24)22-12-4-3-10(7-11(12)18)21-9(2)23/h3-7H,1-2H3,(H,21,23)(H,22,24). The number of thiazole rings is 1. The summed E-state index contributed by atoms with van der Waals surface area (Å²) < 4.78 is 0.671. The number of benzene rings is 1. The number of hydrogen-bond donors (Lipinski definition) is 2. The molecular formula is C17H13Cl2N3O2S2. The molecule has 0 aliphatic heterocycles. The largest absolute Gasteiger partial charge is 0.326 e. The first kappa shape index (κ1) is 18.8. The Bertz CT molecular complexity index is 998. The van der Waals surface area contributed by atoms with E-state index in [1.165, 1.54) is 29.6 Å². The van der Waals surface area contributed by atoms with Gasteiger partial charge in [-0.05, 0) is 37.3 Å². The summed E-state index contributed by atoms with van der Waals surface area (Å²) in [5.41, 5.74) is 1.66. The van der Waals surface area contributed by atoms with Gasteiger partial charge in [-0.2, -0.15) is 0 Å². The van der Waals surface area contributed by atoms with E-state index in [1.54, 1.807) is 31.2 Å². The van der Waals surface area contributed by atoms with E-state index in [1.807, 2.05) is 6.07 Å². The van der Waals surface area contributed by atoms with Crippen LogP contribution in [-0.2, 0) is 4.79 Å². The molecule has 2 heterocycles. The molecule has 0 aliphatic rings. The van der Waals surface area contributed by atoms with E-state index >= 15 is 0 Å². The van der Waals surface area contributed by atoms with Crippen molar-refractivity contribution >= 4 is 69.1 Å². The minimum Gasteiger partial charge on any atom is -0.326 e. The maximum Gasteiger partial charge on any atom is 0.267 e. The van der Waals surface area contributed by atoms with Crippen molar-refractivity contribution in [2.24, 2.45) is 0 Å². The van der Waals surface area contributed by atoms with Crippen molar-refractivity contribution in [1.82, 2.24) is 4.98 Å². The van der Waals surface area contributed by atoms with E-state index in [0.717, 1.165) is 9.88 Å². The Morgan fingerprint density at radius 3 is 2.46 bits per heavy atom. The fourth-order valence-electron chi connectivity index (χ4n) is 2.22. The third-order valence-corrected chi connectivity index (χ3v) is 6.19. The molecule has 1 aromatic carbocycles. The van der Waals surface area contributed by atoms with Gasteiger partial charge in [-0.15, -0.1) is 22.7 Å². The summed E-state index contributed by atoms with van der Waals surface area (Å²) in [4.78, 5) is 29.6. The lowest BCUT2D eigenvalue weighted by atomic mass is 10.2. The van der Waals surface area contributed by atoms with Gasteiger partial charge in [-0.25, -0.2) is 4.98 Å². The molecule has 0 fully saturated rings. The van der Waals surface area contributed by atoms with Gasteiger partial charge in [0.15, 0.2) is 0 Å². The summed E-state index contributed by atoms with van der Waals surface area (Å²) in [6.07, 6.45) is 0. The van der Waals surface area contributed by atoms with Gasteiger partial charge >= 0.3 is 0 Å². The molecule has 0 atom stereocenters. The SMILES string of the molecule is CC(=O)Nc1ccc(NC(=O)c2sc(-c3ccc(Cl)s3)nc2C)c(Cl)c1. The van der Waals surface area contributed by atoms with E-state index in [9.17, 15) is 9.59 Å². The average molecular weight is 426 g/mol. The molecule has 0 aliphatic carbocycles. The zero-order valence-corrected chi connectivity index (χ0v) is 16.9. The van der Waals surface area contributed by atoms with Crippen molar-refractivity contribution in [3.8, 4) is 9.88 Å². The van der Waals surface area contributed by atoms with Gasteiger partial charge in [0.25, 0.3) is 5.91 Å². The maximum atomic E-state index is 12.6. The number of nitrogens with zero attached hydrogens (tertiary/aromatic N) is 1. The maximum absolute atomic E-state index is 12.6. The van der Waals surface area contributed by atoms with Crippen molar-refractivity contribution in [2.45, 2.75) is 13.8 Å². The van der Waals surface area contributed by atoms with Crippen LogP contribution >= 0.6 is 45.9 Å². The number of amides is 2. The van der Waals surface area contributed by atoms with Crippen LogP contribution in [0.25, 0.3) is 9.88 Å². The molecule has 0 spiro atoms. The van der Waals surface area contributed by atoms with Crippen LogP contribution in [0.3, 0.4) is 0 Å². The molecule has 9 heteroatoms. The molecule has 0 saturated heterocycles. The highest BCUT2D eigenvalue weighted by Crippen LogP contribution is 2.35. The number of nitrogens with one attached hydrogen (secondary N) is 2. The first-order valence-electron chi connectivity index (χ1n) is 7.45. The Hall–Kier alpha value is -1.93. The second kappa shape index (κ2) is 7.75. The summed E-state index contributed by atoms with van der Waals surface area (Å²) in [7, 11) is 0. The molecule has 3 rings (SSSR count). The highest BCUT2D eigenvalue weighted by Gasteiger charge is 2.18. The molecule has 2 N–H and O–H groups in total. The number of hydrogen-bond acceptors (Lipinski definition) is 5. The Balaban J connectivity index is 1.80. The summed E-state index contributed by atoms with van der Waals surface area (Å²) in [6, 6.07) is 8.57. The average Bonchev–Trinajstić information content (AvgIpc) is 3.15. The predicted molar refractivity (Wildman–Crippen MR) is 109 cm³/mol. The van der Waals surface area contributed by atoms with Crippen molar-refractivity contribution in [2.75, 3.05) is 10.6 Å². The highest BCUT2D eigenvalue weighted by molar-refractivity contribution is 7.24. The van der Waals surface area contributed by atoms with Gasteiger partial charge in [-0.1, -0.05) is 23.2 Å². The topological polar surface area (TPSA) is 71.1 Å². The Morgan fingerprint density at radius 1 is 1.08 bits per heavy atom. The van der Waals surface area contributed by atoms with Gasteiger partial charge in [0.05, 0.1) is 25.6 Å². The second-order valence-electron chi connectivity index (χ2n) is 5.37. The summed E-state index contributed by atoms with van der Waals surface area (Å²) in [5, 5.41) is 6.50. The molecule has 134 valence electrons. The summed E-state index contributed by atoms with van der Waals surface area (Å²) in [6.45, 7) is 3.19. The van der Waals surface area contributed by atoms with Crippen LogP contribution in [0.2, 0.25) is 9.36 Å². The zero-order chi connectivity index (χ0) is 18.8. The van der Waals surface area contributed by atoms with Crippen molar-refractivity contribution in [3.63, 3.8) is 0 Å². The van der Waals surface area contributed by atoms with Crippen LogP contribution < -0.4 is 10.6 Å². The quantitative estimate of drug-likeness (QED) is 0.563. The zero-order valence-electron chi connectivity index (χ0n) is 13.7. The molecular weight excluding hydrogens is 413 g/mol. The molecule has 2 aromatic heterocycles. The predicted octanol–water partition coefficient (Wildman–Crippen LogP) is 5.70. The normalized spacial score (nSPS) is 10.6. The lowest BCUT2D eigenvalue weighted by Crippen LogP contribution is -2.12. The third-order valence-electron chi connectivity index (χ3n) is 3.32. The lowest BCUT2D eigenvalue weighted by molar-refractivity contribution is -0.114. The number of thiophene rings is 1. The first-order chi connectivity index (χ1) is 12.3. The number of anilines is 2. The smallest absolute Gasteiger partial charge is 0.267 e. The molecule has 2 amide bonds. The summed E-state index contributed by atoms with van der Waals surface area (Å²) >= 11 is 14.9. The second-order valence-corrected chi connectivity index (χ2v) is 8.49. The molecule has 0 bridgehead atoms. The van der Waals surface area contributed by atoms with E-state index in [0.29, 0.717) is 31.3 Å². The Morgan fingerprint density at radius 2 is 1.85 bits per heavy atom. The molecule has 26 heavy (non-hydrogen) atoms. The van der Waals surface area contributed by atoms with E-state index in [-0.39, 0.29) is 11.8 Å². The Labute approximate surface area is 168 Å². The minimum absolute atomic E-state index is 0.195. The van der Waals surface area contributed by atoms with Crippen LogP contribution in [0.1, 0.15) is 22.3 Å². The number of carbonyl (C=O) groups is 2. The number of carbonyl (C=O) groups excluding carboxylic acids is 2. The van der Waals surface area contributed by atoms with Crippen LogP contribution in [-0.4, -0.2) is 16.8 Å². The van der Waals surface area contributed by atoms with Gasteiger partial charge in [-0.3, -0.25) is 9.59 Å². The third kappa shape index (κ3) is 4.24. The van der Waals surface area contributed by atoms with Crippen molar-refractivity contribution < 1.29 is 9.59 Å². The van der Waals surface area contributed by atoms with Crippen LogP contribution in [0, 0.1) is 6.92 Å². The number of aryl methyl sites for hydroxylation is 1. The fraction of sp³-hybridized carbons (Fsp3) is 0.118. The van der Waals surface area contributed by atoms with Gasteiger partial charge in [0.2, 0.25) is 5.91 Å². The molecule has 3 aromatic rings. The van der Waals surface area contributed by atoms with Crippen molar-refractivity contribution in [1.29, 1.82) is 0 Å². The fourth-order valence-corrected chi connectivity index (χ4v) is 4.51. The first-order valence-corrected chi connectivity index (χ1v) is 9.84. The van der Waals surface area contributed by atoms with E-state index in [4.69, 9.17) is 23.2 Å². The number of aromatic nitrogens is 1. The van der Waals surface area contributed by atoms with Gasteiger partial charge < -0.3 is 10.6 Å². The number of rotatable bonds is 4. The van der Waals surface area contributed by atoms with Gasteiger partial charge in [0, 0.05) is 12.6 Å². The number of halogens is 2. The Kier molecular flexibility index (Phi) is 5.62. The van der Waals surface area contributed by atoms with Crippen LogP contribution in [0.15, 0.2) is 30.3 Å². The molecule has 0 radical (unpaired) electrons. The van der Waals surface area contributed by atoms with Crippen molar-refractivity contribution in [3.05, 3.63) is 50.3 Å².